The number of nitrogens with one attached hydrogen (secondary N) is 2. The summed E-state index contributed by atoms with van der Waals surface area (Å²) in [5.74, 6) is -0.0957. The maximum Gasteiger partial charge on any atom is 0.274 e. The molecule has 5 heteroatoms. The molecule has 5 nitrogen and oxygen atoms in total. The molecule has 1 aromatic rings. The van der Waals surface area contributed by atoms with Gasteiger partial charge in [-0.25, -0.2) is 5.48 Å². The molecule has 3 N–H and O–H groups in total. The smallest absolute Gasteiger partial charge is 0.274 e. The van der Waals surface area contributed by atoms with Crippen molar-refractivity contribution in [2.24, 2.45) is 5.41 Å². The number of carbonyl (C=O) groups is 2. The molecule has 120 valence electrons. The van der Waals surface area contributed by atoms with Gasteiger partial charge in [0.2, 0.25) is 0 Å². The van der Waals surface area contributed by atoms with Crippen molar-refractivity contribution in [1.82, 2.24) is 10.8 Å². The molecule has 1 amide bonds. The van der Waals surface area contributed by atoms with Crippen LogP contribution in [-0.2, 0) is 4.79 Å². The highest BCUT2D eigenvalue weighted by Gasteiger charge is 2.34. The van der Waals surface area contributed by atoms with Crippen LogP contribution >= 0.6 is 0 Å². The molecule has 0 aromatic heterocycles. The Morgan fingerprint density at radius 2 is 1.86 bits per heavy atom. The summed E-state index contributed by atoms with van der Waals surface area (Å²) >= 11 is 0. The third kappa shape index (κ3) is 3.72. The van der Waals surface area contributed by atoms with E-state index in [2.05, 4.69) is 12.2 Å². The maximum absolute atomic E-state index is 12.6. The molecule has 1 aromatic carbocycles. The van der Waals surface area contributed by atoms with Gasteiger partial charge in [0.25, 0.3) is 5.91 Å². The fraction of sp³-hybridized carbons (Fsp3) is 0.529. The number of hydrogen-bond donors (Lipinski definition) is 3. The van der Waals surface area contributed by atoms with Crippen molar-refractivity contribution in [2.45, 2.75) is 39.0 Å². The first-order valence-electron chi connectivity index (χ1n) is 7.75. The number of Topliss-reactive ketones (excluding diaryl/α,β-unsaturated/α-hetero) is 1. The molecule has 1 atom stereocenters. The average molecular weight is 304 g/mol. The molecule has 0 bridgehead atoms. The molecule has 1 saturated heterocycles. The van der Waals surface area contributed by atoms with Gasteiger partial charge in [-0.05, 0) is 49.5 Å². The molecule has 1 aliphatic heterocycles. The maximum atomic E-state index is 12.6. The van der Waals surface area contributed by atoms with Crippen LogP contribution in [0.5, 0.6) is 0 Å². The van der Waals surface area contributed by atoms with Crippen LogP contribution in [0, 0.1) is 5.41 Å². The Morgan fingerprint density at radius 3 is 2.41 bits per heavy atom. The lowest BCUT2D eigenvalue weighted by molar-refractivity contribution is -0.129. The number of benzene rings is 1. The van der Waals surface area contributed by atoms with Gasteiger partial charge >= 0.3 is 0 Å². The Hall–Kier alpha value is -1.72. The van der Waals surface area contributed by atoms with Crippen molar-refractivity contribution in [2.75, 3.05) is 13.1 Å². The number of rotatable bonds is 5. The van der Waals surface area contributed by atoms with E-state index in [1.54, 1.807) is 17.6 Å². The van der Waals surface area contributed by atoms with Crippen molar-refractivity contribution in [3.8, 4) is 0 Å². The zero-order chi connectivity index (χ0) is 16.2. The number of carbonyl (C=O) groups excluding carboxylic acids is 2. The highest BCUT2D eigenvalue weighted by Crippen LogP contribution is 2.33. The molecule has 0 radical (unpaired) electrons. The van der Waals surface area contributed by atoms with Crippen LogP contribution in [0.15, 0.2) is 24.3 Å². The number of amides is 1. The summed E-state index contributed by atoms with van der Waals surface area (Å²) in [6.07, 6.45) is 2.31. The number of piperidine rings is 1. The molecule has 22 heavy (non-hydrogen) atoms. The summed E-state index contributed by atoms with van der Waals surface area (Å²) in [6, 6.07) is 7.00. The minimum Gasteiger partial charge on any atom is -0.317 e. The number of hydrogen-bond acceptors (Lipinski definition) is 4. The second-order valence-electron chi connectivity index (χ2n) is 6.40. The molecular weight excluding hydrogens is 280 g/mol. The minimum atomic E-state index is -0.530. The Labute approximate surface area is 131 Å². The summed E-state index contributed by atoms with van der Waals surface area (Å²) in [7, 11) is 0. The van der Waals surface area contributed by atoms with Gasteiger partial charge in [0, 0.05) is 17.4 Å². The fourth-order valence-electron chi connectivity index (χ4n) is 2.93. The summed E-state index contributed by atoms with van der Waals surface area (Å²) in [6.45, 7) is 5.91. The molecule has 0 saturated carbocycles. The van der Waals surface area contributed by atoms with Gasteiger partial charge in [0.05, 0.1) is 0 Å². The Bertz CT molecular complexity index is 533. The van der Waals surface area contributed by atoms with Crippen LogP contribution in [-0.4, -0.2) is 30.0 Å². The van der Waals surface area contributed by atoms with Gasteiger partial charge in [-0.2, -0.15) is 0 Å². The van der Waals surface area contributed by atoms with Crippen LogP contribution in [0.3, 0.4) is 0 Å². The Balaban J connectivity index is 2.00. The number of hydroxylamine groups is 1. The largest absolute Gasteiger partial charge is 0.317 e. The van der Waals surface area contributed by atoms with Gasteiger partial charge in [0.1, 0.15) is 5.78 Å². The van der Waals surface area contributed by atoms with E-state index in [0.29, 0.717) is 17.8 Å². The fourth-order valence-corrected chi connectivity index (χ4v) is 2.93. The van der Waals surface area contributed by atoms with Crippen molar-refractivity contribution >= 4 is 11.7 Å². The van der Waals surface area contributed by atoms with E-state index in [1.165, 1.54) is 0 Å². The van der Waals surface area contributed by atoms with Gasteiger partial charge in [-0.3, -0.25) is 14.8 Å². The normalized spacial score (nSPS) is 18.5. The van der Waals surface area contributed by atoms with E-state index >= 15 is 0 Å². The summed E-state index contributed by atoms with van der Waals surface area (Å²) in [5, 5.41) is 11.9. The van der Waals surface area contributed by atoms with Crippen LogP contribution < -0.4 is 10.8 Å². The summed E-state index contributed by atoms with van der Waals surface area (Å²) in [5.41, 5.74) is 2.83. The van der Waals surface area contributed by atoms with Crippen LogP contribution in [0.4, 0.5) is 0 Å². The second kappa shape index (κ2) is 7.03. The standard InChI is InChI=1S/C17H24N2O3/c1-12(11-15(20)17(2)7-9-18-10-8-17)13-3-5-14(6-4-13)16(21)19-22/h3-6,12,18,22H,7-11H2,1-2H3,(H,19,21)/t12-/m0/s1. The highest BCUT2D eigenvalue weighted by molar-refractivity contribution is 5.93. The van der Waals surface area contributed by atoms with E-state index in [9.17, 15) is 9.59 Å². The highest BCUT2D eigenvalue weighted by atomic mass is 16.5. The van der Waals surface area contributed by atoms with Crippen molar-refractivity contribution in [3.05, 3.63) is 35.4 Å². The van der Waals surface area contributed by atoms with Crippen molar-refractivity contribution < 1.29 is 14.8 Å². The SMILES string of the molecule is C[C@@H](CC(=O)C1(C)CCNCC1)c1ccc(C(=O)NO)cc1. The summed E-state index contributed by atoms with van der Waals surface area (Å²) in [4.78, 5) is 23.9. The third-order valence-electron chi connectivity index (χ3n) is 4.72. The van der Waals surface area contributed by atoms with E-state index < -0.39 is 5.91 Å². The van der Waals surface area contributed by atoms with E-state index in [1.807, 2.05) is 19.1 Å². The predicted molar refractivity (Wildman–Crippen MR) is 83.9 cm³/mol. The quantitative estimate of drug-likeness (QED) is 0.576. The third-order valence-corrected chi connectivity index (χ3v) is 4.72. The number of ketones is 1. The zero-order valence-electron chi connectivity index (χ0n) is 13.2. The Morgan fingerprint density at radius 1 is 1.27 bits per heavy atom. The lowest BCUT2D eigenvalue weighted by Gasteiger charge is -2.33. The molecule has 1 heterocycles. The lowest BCUT2D eigenvalue weighted by atomic mass is 9.74. The van der Waals surface area contributed by atoms with Crippen LogP contribution in [0.2, 0.25) is 0 Å². The molecule has 0 unspecified atom stereocenters. The van der Waals surface area contributed by atoms with Crippen LogP contribution in [0.25, 0.3) is 0 Å². The Kier molecular flexibility index (Phi) is 5.32. The lowest BCUT2D eigenvalue weighted by Crippen LogP contribution is -2.40. The van der Waals surface area contributed by atoms with Crippen LogP contribution in [0.1, 0.15) is 54.9 Å². The molecule has 1 fully saturated rings. The van der Waals surface area contributed by atoms with E-state index in [0.717, 1.165) is 31.5 Å². The zero-order valence-corrected chi connectivity index (χ0v) is 13.2. The molecule has 2 rings (SSSR count). The first-order chi connectivity index (χ1) is 10.5. The van der Waals surface area contributed by atoms with Crippen molar-refractivity contribution in [3.63, 3.8) is 0 Å². The van der Waals surface area contributed by atoms with Gasteiger partial charge < -0.3 is 5.32 Å². The topological polar surface area (TPSA) is 78.4 Å². The van der Waals surface area contributed by atoms with E-state index in [4.69, 9.17) is 5.21 Å². The van der Waals surface area contributed by atoms with Gasteiger partial charge in [0.15, 0.2) is 0 Å². The molecule has 0 spiro atoms. The average Bonchev–Trinajstić information content (AvgIpc) is 2.54. The van der Waals surface area contributed by atoms with Gasteiger partial charge in [-0.1, -0.05) is 26.0 Å². The van der Waals surface area contributed by atoms with Crippen molar-refractivity contribution in [1.29, 1.82) is 0 Å². The first-order valence-corrected chi connectivity index (χ1v) is 7.75. The molecular formula is C17H24N2O3. The predicted octanol–water partition coefficient (Wildman–Crippen LogP) is 2.26. The molecule has 0 aliphatic carbocycles. The summed E-state index contributed by atoms with van der Waals surface area (Å²) < 4.78 is 0. The second-order valence-corrected chi connectivity index (χ2v) is 6.40. The monoisotopic (exact) mass is 304 g/mol. The first kappa shape index (κ1) is 16.6. The minimum absolute atomic E-state index is 0.116. The van der Waals surface area contributed by atoms with E-state index in [-0.39, 0.29) is 11.3 Å². The molecule has 1 aliphatic rings. The van der Waals surface area contributed by atoms with Gasteiger partial charge in [-0.15, -0.1) is 0 Å².